The van der Waals surface area contributed by atoms with E-state index in [2.05, 4.69) is 0 Å². The molecule has 2 saturated carbocycles. The molecular formula is C14H21N3O3S. The first-order valence-electron chi connectivity index (χ1n) is 7.44. The average molecular weight is 311 g/mol. The van der Waals surface area contributed by atoms with Crippen molar-refractivity contribution in [3.8, 4) is 0 Å². The third-order valence-electron chi connectivity index (χ3n) is 4.16. The summed E-state index contributed by atoms with van der Waals surface area (Å²) in [6.07, 6.45) is 5.82. The summed E-state index contributed by atoms with van der Waals surface area (Å²) in [4.78, 5) is 14.5. The number of sulfonamides is 1. The largest absolute Gasteiger partial charge is 0.339 e. The molecule has 0 spiro atoms. The number of primary sulfonamides is 1. The van der Waals surface area contributed by atoms with Crippen LogP contribution in [0.1, 0.15) is 49.1 Å². The van der Waals surface area contributed by atoms with Crippen molar-refractivity contribution in [1.82, 2.24) is 9.47 Å². The molecule has 0 saturated heterocycles. The van der Waals surface area contributed by atoms with Crippen molar-refractivity contribution >= 4 is 15.9 Å². The normalized spacial score (nSPS) is 18.8. The fourth-order valence-electron chi connectivity index (χ4n) is 2.57. The van der Waals surface area contributed by atoms with E-state index in [9.17, 15) is 13.2 Å². The Morgan fingerprint density at radius 2 is 2.05 bits per heavy atom. The minimum atomic E-state index is -3.78. The van der Waals surface area contributed by atoms with Crippen LogP contribution in [0.5, 0.6) is 0 Å². The molecule has 21 heavy (non-hydrogen) atoms. The lowest BCUT2D eigenvalue weighted by molar-refractivity contribution is 0.0746. The lowest BCUT2D eigenvalue weighted by atomic mass is 10.3. The zero-order valence-electron chi connectivity index (χ0n) is 12.2. The van der Waals surface area contributed by atoms with E-state index in [1.165, 1.54) is 25.1 Å². The number of carbonyl (C=O) groups is 1. The zero-order chi connectivity index (χ0) is 15.2. The Morgan fingerprint density at radius 1 is 1.38 bits per heavy atom. The molecule has 0 unspecified atom stereocenters. The first kappa shape index (κ1) is 14.6. The molecule has 0 aromatic carbocycles. The van der Waals surface area contributed by atoms with Crippen LogP contribution < -0.4 is 5.14 Å². The van der Waals surface area contributed by atoms with Crippen LogP contribution in [0.25, 0.3) is 0 Å². The van der Waals surface area contributed by atoms with Gasteiger partial charge in [-0.25, -0.2) is 13.6 Å². The molecule has 7 heteroatoms. The fourth-order valence-corrected chi connectivity index (χ4v) is 3.10. The molecule has 6 nitrogen and oxygen atoms in total. The van der Waals surface area contributed by atoms with Crippen LogP contribution >= 0.6 is 0 Å². The summed E-state index contributed by atoms with van der Waals surface area (Å²) in [5.41, 5.74) is 0.448. The van der Waals surface area contributed by atoms with Crippen molar-refractivity contribution in [2.75, 3.05) is 13.1 Å². The summed E-state index contributed by atoms with van der Waals surface area (Å²) in [6, 6.07) is 1.66. The van der Waals surface area contributed by atoms with E-state index < -0.39 is 10.0 Å². The molecule has 2 fully saturated rings. The highest BCUT2D eigenvalue weighted by Gasteiger charge is 2.32. The van der Waals surface area contributed by atoms with Gasteiger partial charge in [-0.2, -0.15) is 0 Å². The Hall–Kier alpha value is -1.34. The van der Waals surface area contributed by atoms with Crippen LogP contribution in [0.15, 0.2) is 17.2 Å². The first-order chi connectivity index (χ1) is 9.90. The van der Waals surface area contributed by atoms with E-state index in [1.807, 2.05) is 6.92 Å². The maximum Gasteiger partial charge on any atom is 0.270 e. The molecule has 0 bridgehead atoms. The average Bonchev–Trinajstić information content (AvgIpc) is 3.33. The number of nitrogens with zero attached hydrogens (tertiary/aromatic N) is 2. The number of amides is 1. The molecule has 1 aromatic rings. The highest BCUT2D eigenvalue weighted by molar-refractivity contribution is 7.89. The number of rotatable bonds is 6. The maximum absolute atomic E-state index is 12.7. The molecule has 1 aromatic heterocycles. The first-order valence-corrected chi connectivity index (χ1v) is 8.98. The van der Waals surface area contributed by atoms with Gasteiger partial charge in [0.15, 0.2) is 0 Å². The number of nitrogens with two attached hydrogens (primary N) is 1. The van der Waals surface area contributed by atoms with Crippen molar-refractivity contribution in [3.05, 3.63) is 18.0 Å². The third kappa shape index (κ3) is 3.13. The van der Waals surface area contributed by atoms with Gasteiger partial charge in [-0.15, -0.1) is 0 Å². The Bertz CT molecular complexity index is 657. The Labute approximate surface area is 125 Å². The molecule has 0 radical (unpaired) electrons. The van der Waals surface area contributed by atoms with E-state index in [0.29, 0.717) is 18.2 Å². The second-order valence-electron chi connectivity index (χ2n) is 6.03. The van der Waals surface area contributed by atoms with Gasteiger partial charge in [0.05, 0.1) is 0 Å². The molecule has 0 aliphatic heterocycles. The summed E-state index contributed by atoms with van der Waals surface area (Å²) in [5.74, 6) is 0.516. The molecule has 1 heterocycles. The Kier molecular flexibility index (Phi) is 3.57. The SMILES string of the molecule is CCN(CC1CC1)C(=O)c1cc(S(N)(=O)=O)cn1C1CC1. The van der Waals surface area contributed by atoms with Gasteiger partial charge in [-0.1, -0.05) is 0 Å². The molecule has 0 atom stereocenters. The third-order valence-corrected chi connectivity index (χ3v) is 5.04. The lowest BCUT2D eigenvalue weighted by Gasteiger charge is -2.21. The van der Waals surface area contributed by atoms with Gasteiger partial charge in [-0.05, 0) is 44.6 Å². The van der Waals surface area contributed by atoms with Crippen molar-refractivity contribution < 1.29 is 13.2 Å². The molecule has 2 N–H and O–H groups in total. The standard InChI is InChI=1S/C14H21N3O3S/c1-2-16(8-10-3-4-10)14(18)13-7-12(21(15,19)20)9-17(13)11-5-6-11/h7,9-11H,2-6,8H2,1H3,(H2,15,19,20). The van der Waals surface area contributed by atoms with Crippen molar-refractivity contribution in [2.45, 2.75) is 43.5 Å². The summed E-state index contributed by atoms with van der Waals surface area (Å²) in [5, 5.41) is 5.19. The quantitative estimate of drug-likeness (QED) is 0.860. The van der Waals surface area contributed by atoms with E-state index >= 15 is 0 Å². The second-order valence-corrected chi connectivity index (χ2v) is 7.59. The molecule has 116 valence electrons. The fraction of sp³-hybridized carbons (Fsp3) is 0.643. The van der Waals surface area contributed by atoms with Crippen molar-refractivity contribution in [2.24, 2.45) is 11.1 Å². The number of hydrogen-bond acceptors (Lipinski definition) is 3. The lowest BCUT2D eigenvalue weighted by Crippen LogP contribution is -2.34. The minimum absolute atomic E-state index is 0.0280. The van der Waals surface area contributed by atoms with Gasteiger partial charge in [-0.3, -0.25) is 4.79 Å². The Morgan fingerprint density at radius 3 is 2.52 bits per heavy atom. The molecule has 1 amide bonds. The number of hydrogen-bond donors (Lipinski definition) is 1. The predicted octanol–water partition coefficient (Wildman–Crippen LogP) is 1.34. The summed E-state index contributed by atoms with van der Waals surface area (Å²) < 4.78 is 24.9. The van der Waals surface area contributed by atoms with E-state index in [0.717, 1.165) is 19.4 Å². The van der Waals surface area contributed by atoms with Crippen LogP contribution in [-0.4, -0.2) is 36.9 Å². The number of aromatic nitrogens is 1. The molecule has 2 aliphatic rings. The van der Waals surface area contributed by atoms with Crippen LogP contribution in [0.2, 0.25) is 0 Å². The molecular weight excluding hydrogens is 290 g/mol. The van der Waals surface area contributed by atoms with E-state index in [1.54, 1.807) is 9.47 Å². The van der Waals surface area contributed by atoms with Gasteiger partial charge in [0.25, 0.3) is 5.91 Å². The van der Waals surface area contributed by atoms with Crippen molar-refractivity contribution in [3.63, 3.8) is 0 Å². The van der Waals surface area contributed by atoms with Gasteiger partial charge >= 0.3 is 0 Å². The van der Waals surface area contributed by atoms with Crippen LogP contribution in [0.3, 0.4) is 0 Å². The predicted molar refractivity (Wildman–Crippen MR) is 78.4 cm³/mol. The highest BCUT2D eigenvalue weighted by Crippen LogP contribution is 2.38. The molecule has 3 rings (SSSR count). The highest BCUT2D eigenvalue weighted by atomic mass is 32.2. The van der Waals surface area contributed by atoms with Gasteiger partial charge in [0.2, 0.25) is 10.0 Å². The van der Waals surface area contributed by atoms with Crippen molar-refractivity contribution in [1.29, 1.82) is 0 Å². The topological polar surface area (TPSA) is 85.4 Å². The summed E-state index contributed by atoms with van der Waals surface area (Å²) in [7, 11) is -3.78. The summed E-state index contributed by atoms with van der Waals surface area (Å²) in [6.45, 7) is 3.34. The van der Waals surface area contributed by atoms with Crippen LogP contribution in [-0.2, 0) is 10.0 Å². The zero-order valence-corrected chi connectivity index (χ0v) is 13.0. The van der Waals surface area contributed by atoms with Crippen LogP contribution in [0, 0.1) is 5.92 Å². The minimum Gasteiger partial charge on any atom is -0.339 e. The van der Waals surface area contributed by atoms with Gasteiger partial charge < -0.3 is 9.47 Å². The number of carbonyl (C=O) groups excluding carboxylic acids is 1. The van der Waals surface area contributed by atoms with Crippen LogP contribution in [0.4, 0.5) is 0 Å². The Balaban J connectivity index is 1.91. The smallest absolute Gasteiger partial charge is 0.270 e. The van der Waals surface area contributed by atoms with E-state index in [4.69, 9.17) is 5.14 Å². The molecule has 2 aliphatic carbocycles. The van der Waals surface area contributed by atoms with Gasteiger partial charge in [0.1, 0.15) is 10.6 Å². The van der Waals surface area contributed by atoms with E-state index in [-0.39, 0.29) is 16.8 Å². The second kappa shape index (κ2) is 5.14. The monoisotopic (exact) mass is 311 g/mol. The maximum atomic E-state index is 12.7. The summed E-state index contributed by atoms with van der Waals surface area (Å²) >= 11 is 0. The van der Waals surface area contributed by atoms with Gasteiger partial charge in [0, 0.05) is 25.3 Å².